The molecule has 3 aromatic carbocycles. The highest BCUT2D eigenvalue weighted by Gasteiger charge is 2.54. The molecule has 3 saturated heterocycles. The van der Waals surface area contributed by atoms with Crippen molar-refractivity contribution in [1.29, 1.82) is 0 Å². The number of cyclic esters (lactones) is 1. The standard InChI is InChI=1S/C37H67NO13.C17H21NO.C12H9F3N2O2/c1-14-25-37(10,45)30(41)20(4)27(39)18(2)16-35(8,44)32(51-34-28(40)24(38(11)12)15-19(3)47-34)21(5)29(22(6)33(43)49-25)50-26-17-36(9,46-13)31(42)23(7)48-26;1-18(2)13-14-19-17(15-9-5-3-6-10-15)16-11-7-4-8-12-16;1-7-10(6-16-19-7)11(18)17-9-4-2-8(3-5-9)12(13,14)15/h18-26,28-32,34,40-42,44-45H,14-17H2,1-13H3;3-12,17H,13-14H2,1-2H3;2-6H,1H3,(H,17,18)/t18-,19-,20+,21+,22-,23+,24+,25-,26+,28-,29+,30-,31+,32-,34+,35-,36-,37-;;/m1../s1. The van der Waals surface area contributed by atoms with E-state index in [0.717, 1.165) is 25.3 Å². The highest BCUT2D eigenvalue weighted by atomic mass is 19.4. The van der Waals surface area contributed by atoms with E-state index >= 15 is 0 Å². The number of ether oxygens (including phenoxy) is 7. The second kappa shape index (κ2) is 32.3. The van der Waals surface area contributed by atoms with Crippen LogP contribution in [0.5, 0.6) is 0 Å². The predicted octanol–water partition coefficient (Wildman–Crippen LogP) is 8.39. The van der Waals surface area contributed by atoms with Gasteiger partial charge in [0.15, 0.2) is 12.6 Å². The van der Waals surface area contributed by atoms with Gasteiger partial charge in [-0.3, -0.25) is 14.4 Å². The Morgan fingerprint density at radius 3 is 1.91 bits per heavy atom. The molecule has 0 aliphatic carbocycles. The van der Waals surface area contributed by atoms with E-state index in [4.69, 9.17) is 37.7 Å². The van der Waals surface area contributed by atoms with E-state index in [1.165, 1.54) is 57.3 Å². The van der Waals surface area contributed by atoms with Crippen molar-refractivity contribution in [2.45, 2.75) is 198 Å². The van der Waals surface area contributed by atoms with Crippen LogP contribution in [0.25, 0.3) is 0 Å². The Bertz CT molecular complexity index is 2770. The fraction of sp³-hybridized carbons (Fsp3) is 0.636. The van der Waals surface area contributed by atoms with Crippen molar-refractivity contribution in [3.8, 4) is 0 Å². The zero-order valence-electron chi connectivity index (χ0n) is 54.3. The van der Waals surface area contributed by atoms with Crippen molar-refractivity contribution < 1.29 is 90.8 Å². The molecule has 1 aromatic heterocycles. The smallest absolute Gasteiger partial charge is 0.416 e. The summed E-state index contributed by atoms with van der Waals surface area (Å²) < 4.78 is 84.9. The maximum atomic E-state index is 14.1. The summed E-state index contributed by atoms with van der Waals surface area (Å²) in [4.78, 5) is 43.6. The molecule has 498 valence electrons. The first-order valence-electron chi connectivity index (χ1n) is 30.4. The highest BCUT2D eigenvalue weighted by Crippen LogP contribution is 2.41. The molecule has 1 amide bonds. The van der Waals surface area contributed by atoms with Crippen LogP contribution in [0.2, 0.25) is 0 Å². The van der Waals surface area contributed by atoms with E-state index in [9.17, 15) is 53.1 Å². The second-order valence-corrected chi connectivity index (χ2v) is 25.2. The highest BCUT2D eigenvalue weighted by molar-refractivity contribution is 6.04. The zero-order valence-corrected chi connectivity index (χ0v) is 54.3. The number of methoxy groups -OCH3 is 1. The number of nitrogens with zero attached hydrogens (tertiary/aromatic N) is 3. The van der Waals surface area contributed by atoms with Crippen LogP contribution in [0.4, 0.5) is 18.9 Å². The van der Waals surface area contributed by atoms with Gasteiger partial charge in [0.05, 0.1) is 66.0 Å². The summed E-state index contributed by atoms with van der Waals surface area (Å²) in [6.07, 6.45) is -12.8. The van der Waals surface area contributed by atoms with Gasteiger partial charge < -0.3 is 78.3 Å². The fourth-order valence-corrected chi connectivity index (χ4v) is 11.9. The Morgan fingerprint density at radius 2 is 1.40 bits per heavy atom. The van der Waals surface area contributed by atoms with E-state index in [1.54, 1.807) is 48.5 Å². The SMILES string of the molecule is CC[C@H]1OC(=O)[C@H](C)[C@@H](O[C@H]2C[C@@](C)(OC)[C@@H](O)[C@H](C)O2)[C@H](C)[C@@H](O[C@@H]2O[C@H](C)C[C@H](N(C)C)[C@H]2O)[C@](C)(O)C[C@@H](C)C(=O)[C@H](C)[C@@H](O)[C@]1(C)O.CN(C)CCOC(c1ccccc1)c1ccccc1.Cc1oncc1C(=O)Nc1ccc(C(F)(F)F)cc1. The molecular formula is C66H97F3N4O16. The Morgan fingerprint density at radius 1 is 0.820 bits per heavy atom. The Balaban J connectivity index is 0.000000305. The quantitative estimate of drug-likeness (QED) is 0.0610. The molecule has 4 heterocycles. The molecule has 0 spiro atoms. The molecule has 3 fully saturated rings. The monoisotopic (exact) mass is 1260 g/mol. The molecule has 6 N–H and O–H groups in total. The van der Waals surface area contributed by atoms with Gasteiger partial charge in [0.1, 0.15) is 47.1 Å². The molecular weight excluding hydrogens is 1160 g/mol. The molecule has 0 bridgehead atoms. The number of carbonyl (C=O) groups is 3. The molecule has 18 atom stereocenters. The van der Waals surface area contributed by atoms with Gasteiger partial charge in [-0.15, -0.1) is 0 Å². The number of esters is 1. The predicted molar refractivity (Wildman–Crippen MR) is 326 cm³/mol. The van der Waals surface area contributed by atoms with Crippen molar-refractivity contribution in [3.05, 3.63) is 119 Å². The van der Waals surface area contributed by atoms with E-state index in [0.29, 0.717) is 12.2 Å². The number of ketones is 1. The number of aromatic nitrogens is 1. The third kappa shape index (κ3) is 19.6. The number of hydrogen-bond acceptors (Lipinski definition) is 19. The molecule has 3 aliphatic rings. The number of halogens is 3. The molecule has 23 heteroatoms. The number of benzene rings is 3. The van der Waals surface area contributed by atoms with Gasteiger partial charge in [-0.25, -0.2) is 0 Å². The van der Waals surface area contributed by atoms with Crippen LogP contribution >= 0.6 is 0 Å². The van der Waals surface area contributed by atoms with Gasteiger partial charge >= 0.3 is 12.1 Å². The number of Topliss-reactive ketones (excluding diaryl/α,β-unsaturated/α-hetero) is 1. The number of carbonyl (C=O) groups excluding carboxylic acids is 3. The van der Waals surface area contributed by atoms with Gasteiger partial charge in [-0.2, -0.15) is 13.2 Å². The lowest BCUT2D eigenvalue weighted by Gasteiger charge is -2.49. The van der Waals surface area contributed by atoms with Crippen molar-refractivity contribution in [1.82, 2.24) is 15.0 Å². The van der Waals surface area contributed by atoms with Crippen LogP contribution in [0.3, 0.4) is 0 Å². The summed E-state index contributed by atoms with van der Waals surface area (Å²) in [7, 11) is 9.29. The Labute approximate surface area is 522 Å². The van der Waals surface area contributed by atoms with Crippen molar-refractivity contribution in [3.63, 3.8) is 0 Å². The van der Waals surface area contributed by atoms with Crippen LogP contribution in [-0.4, -0.2) is 191 Å². The number of likely N-dealkylation sites (N-methyl/N-ethyl adjacent to an activating group) is 2. The second-order valence-electron chi connectivity index (χ2n) is 25.2. The third-order valence-corrected chi connectivity index (χ3v) is 17.3. The molecule has 0 saturated carbocycles. The Hall–Kier alpha value is -5.25. The molecule has 0 radical (unpaired) electrons. The normalized spacial score (nSPS) is 33.3. The first-order valence-corrected chi connectivity index (χ1v) is 30.4. The lowest BCUT2D eigenvalue weighted by atomic mass is 9.74. The number of alkyl halides is 3. The molecule has 3 aliphatic heterocycles. The zero-order chi connectivity index (χ0) is 66.5. The number of aliphatic hydroxyl groups is 5. The Kier molecular flexibility index (Phi) is 27.1. The largest absolute Gasteiger partial charge is 0.459 e. The lowest BCUT2D eigenvalue weighted by molar-refractivity contribution is -0.318. The van der Waals surface area contributed by atoms with Crippen LogP contribution in [0, 0.1) is 30.6 Å². The minimum Gasteiger partial charge on any atom is -0.459 e. The summed E-state index contributed by atoms with van der Waals surface area (Å²) in [5, 5.41) is 63.5. The van der Waals surface area contributed by atoms with E-state index in [1.807, 2.05) is 38.1 Å². The number of anilines is 1. The van der Waals surface area contributed by atoms with Crippen LogP contribution in [0.15, 0.2) is 95.6 Å². The molecule has 0 unspecified atom stereocenters. The number of aryl methyl sites for hydroxylation is 1. The molecule has 4 aromatic rings. The maximum Gasteiger partial charge on any atom is 0.416 e. The average Bonchev–Trinajstić information content (AvgIpc) is 1.69. The van der Waals surface area contributed by atoms with Gasteiger partial charge in [0, 0.05) is 49.6 Å². The number of aliphatic hydroxyl groups excluding tert-OH is 3. The van der Waals surface area contributed by atoms with Crippen LogP contribution in [0.1, 0.15) is 134 Å². The molecule has 89 heavy (non-hydrogen) atoms. The van der Waals surface area contributed by atoms with Gasteiger partial charge in [-0.05, 0) is 131 Å². The van der Waals surface area contributed by atoms with E-state index in [-0.39, 0.29) is 48.8 Å². The van der Waals surface area contributed by atoms with Crippen LogP contribution in [-0.2, 0) is 48.9 Å². The summed E-state index contributed by atoms with van der Waals surface area (Å²) in [6.45, 7) is 19.5. The van der Waals surface area contributed by atoms with Crippen molar-refractivity contribution in [2.75, 3.05) is 53.8 Å². The van der Waals surface area contributed by atoms with Crippen molar-refractivity contribution >= 4 is 23.3 Å². The lowest BCUT2D eigenvalue weighted by Crippen LogP contribution is -2.61. The summed E-state index contributed by atoms with van der Waals surface area (Å²) >= 11 is 0. The van der Waals surface area contributed by atoms with E-state index < -0.39 is 125 Å². The minimum atomic E-state index is -4.40. The number of hydrogen-bond donors (Lipinski definition) is 6. The molecule has 7 rings (SSSR count). The third-order valence-electron chi connectivity index (χ3n) is 17.3. The first kappa shape index (κ1) is 74.5. The topological polar surface area (TPSA) is 262 Å². The molecule has 20 nitrogen and oxygen atoms in total. The number of nitrogens with one attached hydrogen (secondary N) is 1. The summed E-state index contributed by atoms with van der Waals surface area (Å²) in [5.41, 5.74) is -2.71. The first-order chi connectivity index (χ1) is 41.6. The van der Waals surface area contributed by atoms with Gasteiger partial charge in [0.25, 0.3) is 5.91 Å². The minimum absolute atomic E-state index is 0.0161. The summed E-state index contributed by atoms with van der Waals surface area (Å²) in [6, 6.07) is 24.6. The maximum absolute atomic E-state index is 14.1. The summed E-state index contributed by atoms with van der Waals surface area (Å²) in [5.74, 6) is -5.13. The van der Waals surface area contributed by atoms with Gasteiger partial charge in [0.2, 0.25) is 0 Å². The number of amides is 1. The van der Waals surface area contributed by atoms with Crippen molar-refractivity contribution in [2.24, 2.45) is 23.7 Å². The number of rotatable bonds is 15. The van der Waals surface area contributed by atoms with E-state index in [2.05, 4.69) is 78.0 Å². The average molecular weight is 1260 g/mol. The fourth-order valence-electron chi connectivity index (χ4n) is 11.9. The van der Waals surface area contributed by atoms with Gasteiger partial charge in [-0.1, -0.05) is 93.5 Å². The van der Waals surface area contributed by atoms with Crippen LogP contribution < -0.4 is 5.32 Å².